The smallest absolute Gasteiger partial charge is 0.410 e. The first kappa shape index (κ1) is 27.4. The largest absolute Gasteiger partial charge is 0.444 e. The van der Waals surface area contributed by atoms with E-state index in [0.717, 1.165) is 25.9 Å². The third-order valence-electron chi connectivity index (χ3n) is 5.86. The van der Waals surface area contributed by atoms with E-state index < -0.39 is 5.60 Å². The molecule has 0 unspecified atom stereocenters. The van der Waals surface area contributed by atoms with Gasteiger partial charge in [-0.3, -0.25) is 9.59 Å². The van der Waals surface area contributed by atoms with Crippen LogP contribution in [-0.2, 0) is 4.74 Å². The highest BCUT2D eigenvalue weighted by Crippen LogP contribution is 2.24. The van der Waals surface area contributed by atoms with E-state index in [4.69, 9.17) is 4.74 Å². The van der Waals surface area contributed by atoms with E-state index in [9.17, 15) is 14.4 Å². The van der Waals surface area contributed by atoms with E-state index in [1.165, 1.54) is 35.5 Å². The van der Waals surface area contributed by atoms with Crippen LogP contribution in [0.3, 0.4) is 0 Å². The maximum Gasteiger partial charge on any atom is 0.410 e. The molecule has 2 fully saturated rings. The fraction of sp³-hybridized carbons (Fsp3) is 0.640. The molecule has 2 aromatic heterocycles. The number of carbonyl (C=O) groups excluding carboxylic acids is 3. The quantitative estimate of drug-likeness (QED) is 0.530. The van der Waals surface area contributed by atoms with E-state index in [1.807, 2.05) is 26.2 Å². The van der Waals surface area contributed by atoms with Crippen LogP contribution in [-0.4, -0.2) is 64.3 Å². The van der Waals surface area contributed by atoms with E-state index in [-0.39, 0.29) is 23.6 Å². The van der Waals surface area contributed by atoms with Crippen molar-refractivity contribution in [2.24, 2.45) is 11.8 Å². The molecule has 2 aliphatic heterocycles. The predicted octanol–water partition coefficient (Wildman–Crippen LogP) is 5.08. The van der Waals surface area contributed by atoms with Gasteiger partial charge in [-0.25, -0.2) is 14.8 Å². The van der Waals surface area contributed by atoms with E-state index in [0.29, 0.717) is 41.9 Å². The summed E-state index contributed by atoms with van der Waals surface area (Å²) < 4.78 is 5.39. The minimum Gasteiger partial charge on any atom is -0.444 e. The first-order chi connectivity index (χ1) is 16.7. The van der Waals surface area contributed by atoms with Crippen molar-refractivity contribution >= 4 is 40.3 Å². The summed E-state index contributed by atoms with van der Waals surface area (Å²) in [6, 6.07) is 0. The van der Waals surface area contributed by atoms with Crippen LogP contribution in [0.15, 0.2) is 23.2 Å². The lowest BCUT2D eigenvalue weighted by molar-refractivity contribution is 0.0161. The van der Waals surface area contributed by atoms with Gasteiger partial charge in [-0.05, 0) is 71.4 Å². The maximum atomic E-state index is 12.1. The summed E-state index contributed by atoms with van der Waals surface area (Å²) in [4.78, 5) is 45.7. The molecule has 0 radical (unpaired) electrons. The van der Waals surface area contributed by atoms with E-state index >= 15 is 0 Å². The molecule has 1 N–H and O–H groups in total. The Balaban J connectivity index is 0.000000211. The van der Waals surface area contributed by atoms with Crippen LogP contribution >= 0.6 is 22.7 Å². The number of hydrogen-bond donors (Lipinski definition) is 1. The van der Waals surface area contributed by atoms with Gasteiger partial charge < -0.3 is 15.0 Å². The second-order valence-electron chi connectivity index (χ2n) is 10.1. The van der Waals surface area contributed by atoms with Crippen molar-refractivity contribution in [1.82, 2.24) is 20.2 Å². The van der Waals surface area contributed by atoms with Crippen molar-refractivity contribution in [3.8, 4) is 0 Å². The molecule has 4 rings (SSSR count). The number of hydrogen-bond acceptors (Lipinski definition) is 9. The number of rotatable bonds is 6. The van der Waals surface area contributed by atoms with Gasteiger partial charge in [-0.1, -0.05) is 0 Å². The predicted molar refractivity (Wildman–Crippen MR) is 138 cm³/mol. The number of nitrogens with zero attached hydrogens (tertiary/aromatic N) is 3. The Labute approximate surface area is 215 Å². The van der Waals surface area contributed by atoms with Crippen LogP contribution in [0.4, 0.5) is 4.79 Å². The second-order valence-corrected chi connectivity index (χ2v) is 11.9. The fourth-order valence-electron chi connectivity index (χ4n) is 4.24. The Morgan fingerprint density at radius 2 is 1.60 bits per heavy atom. The molecule has 0 bridgehead atoms. The maximum absolute atomic E-state index is 12.1. The average molecular weight is 521 g/mol. The Bertz CT molecular complexity index is 935. The van der Waals surface area contributed by atoms with Crippen molar-refractivity contribution in [2.45, 2.75) is 64.9 Å². The van der Waals surface area contributed by atoms with Crippen LogP contribution in [0.25, 0.3) is 0 Å². The first-order valence-electron chi connectivity index (χ1n) is 12.3. The summed E-state index contributed by atoms with van der Waals surface area (Å²) in [6.45, 7) is 8.96. The molecule has 2 saturated heterocycles. The number of piperidine rings is 2. The molecule has 10 heteroatoms. The summed E-state index contributed by atoms with van der Waals surface area (Å²) in [5, 5.41) is 8.20. The highest BCUT2D eigenvalue weighted by atomic mass is 32.1. The molecule has 0 aromatic carbocycles. The number of ether oxygens (including phenoxy) is 1. The van der Waals surface area contributed by atoms with Gasteiger partial charge in [0.15, 0.2) is 21.6 Å². The number of Topliss-reactive ketones (excluding diaryl/α,β-unsaturated/α-hetero) is 2. The van der Waals surface area contributed by atoms with Gasteiger partial charge in [-0.2, -0.15) is 0 Å². The van der Waals surface area contributed by atoms with Gasteiger partial charge in [0.25, 0.3) is 0 Å². The van der Waals surface area contributed by atoms with E-state index in [1.54, 1.807) is 22.7 Å². The molecule has 2 atom stereocenters. The van der Waals surface area contributed by atoms with Crippen molar-refractivity contribution < 1.29 is 19.1 Å². The van der Waals surface area contributed by atoms with Crippen LogP contribution in [0, 0.1) is 11.8 Å². The van der Waals surface area contributed by atoms with E-state index in [2.05, 4.69) is 15.3 Å². The van der Waals surface area contributed by atoms with Crippen LogP contribution < -0.4 is 5.32 Å². The lowest BCUT2D eigenvalue weighted by Crippen LogP contribution is -2.43. The standard InChI is InChI=1S/C15H22N2O3S.C10H14N2OS/c1-15(2,3)20-14(19)17-7-4-5-11(10-17)9-12(18)13-16-6-8-21-13;13-9(10-12-4-5-14-10)6-8-2-1-3-11-7-8/h6,8,11H,4-5,7,9-10H2,1-3H3;4-5,8,11H,1-3,6-7H2/t11-;8-/m00/s1. The van der Waals surface area contributed by atoms with Gasteiger partial charge in [0.2, 0.25) is 0 Å². The van der Waals surface area contributed by atoms with Crippen LogP contribution in [0.2, 0.25) is 0 Å². The van der Waals surface area contributed by atoms with Crippen molar-refractivity contribution in [3.05, 3.63) is 33.2 Å². The fourth-order valence-corrected chi connectivity index (χ4v) is 5.42. The number of aromatic nitrogens is 2. The molecular formula is C25H36N4O4S2. The SMILES string of the molecule is CC(C)(C)OC(=O)N1CCC[C@@H](CC(=O)c2nccs2)C1.O=C(C[C@@H]1CCCNC1)c1nccs1. The zero-order valence-corrected chi connectivity index (χ0v) is 22.5. The molecular weight excluding hydrogens is 484 g/mol. The molecule has 1 amide bonds. The summed E-state index contributed by atoms with van der Waals surface area (Å²) in [6.07, 6.45) is 8.40. The molecule has 0 aliphatic carbocycles. The Morgan fingerprint density at radius 1 is 1.00 bits per heavy atom. The zero-order chi connectivity index (χ0) is 25.3. The first-order valence-corrected chi connectivity index (χ1v) is 14.0. The Hall–Kier alpha value is -2.17. The highest BCUT2D eigenvalue weighted by molar-refractivity contribution is 7.11. The van der Waals surface area contributed by atoms with Crippen molar-refractivity contribution in [2.75, 3.05) is 26.2 Å². The van der Waals surface area contributed by atoms with Gasteiger partial charge in [0.05, 0.1) is 0 Å². The molecule has 0 spiro atoms. The number of amides is 1. The van der Waals surface area contributed by atoms with Gasteiger partial charge >= 0.3 is 6.09 Å². The minimum atomic E-state index is -0.485. The summed E-state index contributed by atoms with van der Waals surface area (Å²) >= 11 is 2.81. The van der Waals surface area contributed by atoms with Gasteiger partial charge in [-0.15, -0.1) is 22.7 Å². The lowest BCUT2D eigenvalue weighted by Gasteiger charge is -2.33. The molecule has 8 nitrogen and oxygen atoms in total. The number of nitrogens with one attached hydrogen (secondary N) is 1. The van der Waals surface area contributed by atoms with Crippen molar-refractivity contribution in [3.63, 3.8) is 0 Å². The van der Waals surface area contributed by atoms with Gasteiger partial charge in [0.1, 0.15) is 5.60 Å². The third kappa shape index (κ3) is 9.42. The number of likely N-dealkylation sites (tertiary alicyclic amines) is 1. The number of ketones is 2. The molecule has 4 heterocycles. The van der Waals surface area contributed by atoms with Crippen molar-refractivity contribution in [1.29, 1.82) is 0 Å². The summed E-state index contributed by atoms with van der Waals surface area (Å²) in [5.41, 5.74) is -0.485. The monoisotopic (exact) mass is 520 g/mol. The Morgan fingerprint density at radius 3 is 2.11 bits per heavy atom. The zero-order valence-electron chi connectivity index (χ0n) is 20.8. The lowest BCUT2D eigenvalue weighted by atomic mass is 9.93. The molecule has 35 heavy (non-hydrogen) atoms. The highest BCUT2D eigenvalue weighted by Gasteiger charge is 2.29. The topological polar surface area (TPSA) is 101 Å². The average Bonchev–Trinajstić information content (AvgIpc) is 3.54. The Kier molecular flexibility index (Phi) is 10.4. The number of carbonyl (C=O) groups is 3. The van der Waals surface area contributed by atoms with Crippen LogP contribution in [0.5, 0.6) is 0 Å². The molecule has 2 aliphatic rings. The van der Waals surface area contributed by atoms with Gasteiger partial charge in [0, 0.05) is 49.1 Å². The normalized spacial score (nSPS) is 20.5. The summed E-state index contributed by atoms with van der Waals surface area (Å²) in [5.74, 6) is 0.984. The molecule has 2 aromatic rings. The van der Waals surface area contributed by atoms with Crippen LogP contribution in [0.1, 0.15) is 78.9 Å². The third-order valence-corrected chi connectivity index (χ3v) is 7.49. The molecule has 0 saturated carbocycles. The molecule has 192 valence electrons. The minimum absolute atomic E-state index is 0.0704. The second kappa shape index (κ2) is 13.2. The number of thiazole rings is 2. The summed E-state index contributed by atoms with van der Waals surface area (Å²) in [7, 11) is 0.